The Kier molecular flexibility index (Phi) is 5.07. The zero-order chi connectivity index (χ0) is 13.0. The number of hydrogen-bond acceptors (Lipinski definition) is 2. The lowest BCUT2D eigenvalue weighted by Gasteiger charge is -2.31. The van der Waals surface area contributed by atoms with Gasteiger partial charge in [-0.15, -0.1) is 0 Å². The standard InChI is InChI=1S/C14H24ClN3/c1-3-4-8-13-17-12(14(15)18-13)9-16-10(2)11-6-5-7-11/h10-11,16H,3-9H2,1-2H3,(H,17,18). The first kappa shape index (κ1) is 13.9. The van der Waals surface area contributed by atoms with Crippen LogP contribution < -0.4 is 5.32 Å². The van der Waals surface area contributed by atoms with Crippen LogP contribution in [0, 0.1) is 5.92 Å². The molecule has 18 heavy (non-hydrogen) atoms. The molecule has 0 saturated heterocycles. The van der Waals surface area contributed by atoms with Gasteiger partial charge in [-0.3, -0.25) is 0 Å². The van der Waals surface area contributed by atoms with Crippen molar-refractivity contribution in [2.24, 2.45) is 5.92 Å². The van der Waals surface area contributed by atoms with Crippen molar-refractivity contribution < 1.29 is 0 Å². The number of nitrogens with zero attached hydrogens (tertiary/aromatic N) is 1. The van der Waals surface area contributed by atoms with Crippen LogP contribution in [-0.2, 0) is 13.0 Å². The molecule has 1 saturated carbocycles. The SMILES string of the molecule is CCCCc1nc(Cl)c(CNC(C)C2CCC2)[nH]1. The number of rotatable bonds is 7. The second kappa shape index (κ2) is 6.58. The number of H-pyrrole nitrogens is 1. The van der Waals surface area contributed by atoms with E-state index in [1.807, 2.05) is 0 Å². The largest absolute Gasteiger partial charge is 0.344 e. The van der Waals surface area contributed by atoms with E-state index >= 15 is 0 Å². The summed E-state index contributed by atoms with van der Waals surface area (Å²) in [6.45, 7) is 5.26. The number of hydrogen-bond donors (Lipinski definition) is 2. The third-order valence-corrected chi connectivity index (χ3v) is 4.31. The summed E-state index contributed by atoms with van der Waals surface area (Å²) in [5.41, 5.74) is 1.04. The zero-order valence-corrected chi connectivity index (χ0v) is 12.2. The Balaban J connectivity index is 1.82. The van der Waals surface area contributed by atoms with Gasteiger partial charge in [-0.2, -0.15) is 0 Å². The maximum Gasteiger partial charge on any atom is 0.151 e. The second-order valence-corrected chi connectivity index (χ2v) is 5.77. The lowest BCUT2D eigenvalue weighted by molar-refractivity contribution is 0.239. The molecule has 0 bridgehead atoms. The van der Waals surface area contributed by atoms with Gasteiger partial charge >= 0.3 is 0 Å². The average molecular weight is 270 g/mol. The van der Waals surface area contributed by atoms with E-state index in [1.54, 1.807) is 0 Å². The number of nitrogens with one attached hydrogen (secondary N) is 2. The molecule has 1 atom stereocenters. The normalized spacial score (nSPS) is 17.7. The van der Waals surface area contributed by atoms with Gasteiger partial charge in [0.05, 0.1) is 5.69 Å². The van der Waals surface area contributed by atoms with Gasteiger partial charge in [0, 0.05) is 19.0 Å². The number of aryl methyl sites for hydroxylation is 1. The summed E-state index contributed by atoms with van der Waals surface area (Å²) >= 11 is 6.15. The van der Waals surface area contributed by atoms with E-state index in [-0.39, 0.29) is 0 Å². The summed E-state index contributed by atoms with van der Waals surface area (Å²) in [6, 6.07) is 0.581. The Labute approximate surface area is 115 Å². The minimum Gasteiger partial charge on any atom is -0.344 e. The summed E-state index contributed by atoms with van der Waals surface area (Å²) in [6.07, 6.45) is 7.47. The van der Waals surface area contributed by atoms with Gasteiger partial charge in [-0.25, -0.2) is 4.98 Å². The maximum absolute atomic E-state index is 6.15. The number of aromatic nitrogens is 2. The Hall–Kier alpha value is -0.540. The van der Waals surface area contributed by atoms with Gasteiger partial charge in [-0.05, 0) is 32.1 Å². The van der Waals surface area contributed by atoms with Crippen molar-refractivity contribution in [2.75, 3.05) is 0 Å². The molecule has 1 unspecified atom stereocenters. The van der Waals surface area contributed by atoms with E-state index in [2.05, 4.69) is 29.1 Å². The molecule has 2 N–H and O–H groups in total. The van der Waals surface area contributed by atoms with Crippen LogP contribution >= 0.6 is 11.6 Å². The molecule has 1 aromatic rings. The molecule has 0 radical (unpaired) electrons. The minimum atomic E-state index is 0.581. The van der Waals surface area contributed by atoms with Gasteiger partial charge in [0.15, 0.2) is 5.15 Å². The van der Waals surface area contributed by atoms with Crippen molar-refractivity contribution in [3.8, 4) is 0 Å². The van der Waals surface area contributed by atoms with Crippen molar-refractivity contribution in [3.05, 3.63) is 16.7 Å². The fraction of sp³-hybridized carbons (Fsp3) is 0.786. The molecule has 1 fully saturated rings. The Morgan fingerprint density at radius 1 is 1.50 bits per heavy atom. The first-order valence-electron chi connectivity index (χ1n) is 7.17. The molecule has 0 amide bonds. The molecule has 3 nitrogen and oxygen atoms in total. The van der Waals surface area contributed by atoms with E-state index in [4.69, 9.17) is 11.6 Å². The highest BCUT2D eigenvalue weighted by Crippen LogP contribution is 2.29. The van der Waals surface area contributed by atoms with Crippen LogP contribution in [-0.4, -0.2) is 16.0 Å². The highest BCUT2D eigenvalue weighted by molar-refractivity contribution is 6.30. The maximum atomic E-state index is 6.15. The smallest absolute Gasteiger partial charge is 0.151 e. The summed E-state index contributed by atoms with van der Waals surface area (Å²) in [7, 11) is 0. The molecule has 1 aromatic heterocycles. The van der Waals surface area contributed by atoms with Crippen LogP contribution in [0.15, 0.2) is 0 Å². The summed E-state index contributed by atoms with van der Waals surface area (Å²) in [5, 5.41) is 4.19. The van der Waals surface area contributed by atoms with Crippen LogP contribution in [0.4, 0.5) is 0 Å². The molecule has 0 aliphatic heterocycles. The van der Waals surface area contributed by atoms with Crippen molar-refractivity contribution in [1.29, 1.82) is 0 Å². The quantitative estimate of drug-likeness (QED) is 0.793. The van der Waals surface area contributed by atoms with Crippen LogP contribution in [0.1, 0.15) is 57.5 Å². The Morgan fingerprint density at radius 2 is 2.28 bits per heavy atom. The minimum absolute atomic E-state index is 0.581. The van der Waals surface area contributed by atoms with Crippen molar-refractivity contribution in [1.82, 2.24) is 15.3 Å². The monoisotopic (exact) mass is 269 g/mol. The third kappa shape index (κ3) is 3.48. The molecule has 0 spiro atoms. The topological polar surface area (TPSA) is 40.7 Å². The Morgan fingerprint density at radius 3 is 2.89 bits per heavy atom. The lowest BCUT2D eigenvalue weighted by Crippen LogP contribution is -2.36. The summed E-state index contributed by atoms with van der Waals surface area (Å²) < 4.78 is 0. The lowest BCUT2D eigenvalue weighted by atomic mass is 9.80. The van der Waals surface area contributed by atoms with E-state index in [1.165, 1.54) is 25.7 Å². The van der Waals surface area contributed by atoms with E-state index in [0.29, 0.717) is 11.2 Å². The number of aromatic amines is 1. The predicted molar refractivity (Wildman–Crippen MR) is 75.9 cm³/mol. The van der Waals surface area contributed by atoms with Gasteiger partial charge in [-0.1, -0.05) is 31.4 Å². The summed E-state index contributed by atoms with van der Waals surface area (Å²) in [4.78, 5) is 7.72. The average Bonchev–Trinajstić information content (AvgIpc) is 2.62. The van der Waals surface area contributed by atoms with E-state index in [0.717, 1.165) is 36.8 Å². The molecule has 2 rings (SSSR count). The molecule has 1 aliphatic carbocycles. The number of unbranched alkanes of at least 4 members (excludes halogenated alkanes) is 1. The van der Waals surface area contributed by atoms with Gasteiger partial charge in [0.2, 0.25) is 0 Å². The first-order valence-corrected chi connectivity index (χ1v) is 7.55. The van der Waals surface area contributed by atoms with Crippen LogP contribution in [0.5, 0.6) is 0 Å². The van der Waals surface area contributed by atoms with Crippen molar-refractivity contribution >= 4 is 11.6 Å². The summed E-state index contributed by atoms with van der Waals surface area (Å²) in [5.74, 6) is 1.88. The van der Waals surface area contributed by atoms with Crippen LogP contribution in [0.25, 0.3) is 0 Å². The molecule has 4 heteroatoms. The van der Waals surface area contributed by atoms with Gasteiger partial charge in [0.25, 0.3) is 0 Å². The molecular weight excluding hydrogens is 246 g/mol. The highest BCUT2D eigenvalue weighted by atomic mass is 35.5. The number of imidazole rings is 1. The van der Waals surface area contributed by atoms with Crippen LogP contribution in [0.3, 0.4) is 0 Å². The fourth-order valence-electron chi connectivity index (χ4n) is 2.39. The second-order valence-electron chi connectivity index (χ2n) is 5.42. The predicted octanol–water partition coefficient (Wildman–Crippen LogP) is 3.68. The number of halogens is 1. The van der Waals surface area contributed by atoms with Crippen molar-refractivity contribution in [2.45, 2.75) is 65.0 Å². The first-order chi connectivity index (χ1) is 8.70. The highest BCUT2D eigenvalue weighted by Gasteiger charge is 2.23. The molecule has 0 aromatic carbocycles. The van der Waals surface area contributed by atoms with Crippen LogP contribution in [0.2, 0.25) is 5.15 Å². The molecule has 102 valence electrons. The van der Waals surface area contributed by atoms with E-state index in [9.17, 15) is 0 Å². The van der Waals surface area contributed by atoms with Gasteiger partial charge < -0.3 is 10.3 Å². The molecule has 1 heterocycles. The fourth-order valence-corrected chi connectivity index (χ4v) is 2.61. The van der Waals surface area contributed by atoms with Crippen molar-refractivity contribution in [3.63, 3.8) is 0 Å². The van der Waals surface area contributed by atoms with E-state index < -0.39 is 0 Å². The molecule has 1 aliphatic rings. The zero-order valence-electron chi connectivity index (χ0n) is 11.4. The third-order valence-electron chi connectivity index (χ3n) is 4.00. The molecular formula is C14H24ClN3. The Bertz CT molecular complexity index is 371. The van der Waals surface area contributed by atoms with Gasteiger partial charge in [0.1, 0.15) is 5.82 Å².